The van der Waals surface area contributed by atoms with Crippen LogP contribution in [-0.2, 0) is 9.84 Å². The van der Waals surface area contributed by atoms with Gasteiger partial charge in [-0.05, 0) is 30.3 Å². The third kappa shape index (κ3) is 3.42. The summed E-state index contributed by atoms with van der Waals surface area (Å²) in [5.41, 5.74) is -0.584. The minimum atomic E-state index is -3.80. The monoisotopic (exact) mass is 345 g/mol. The molecule has 2 rings (SSSR count). The van der Waals surface area contributed by atoms with Crippen LogP contribution in [0.5, 0.6) is 0 Å². The fourth-order valence-electron chi connectivity index (χ4n) is 1.73. The lowest BCUT2D eigenvalue weighted by atomic mass is 10.3. The van der Waals surface area contributed by atoms with Crippen molar-refractivity contribution in [3.8, 4) is 0 Å². The highest BCUT2D eigenvalue weighted by Gasteiger charge is 2.26. The summed E-state index contributed by atoms with van der Waals surface area (Å²) in [5.74, 6) is -2.13. The Morgan fingerprint density at radius 2 is 1.82 bits per heavy atom. The molecule has 0 heterocycles. The maximum absolute atomic E-state index is 13.2. The van der Waals surface area contributed by atoms with Gasteiger partial charge < -0.3 is 0 Å². The zero-order valence-corrected chi connectivity index (χ0v) is 12.7. The van der Waals surface area contributed by atoms with E-state index in [-0.39, 0.29) is 9.79 Å². The maximum Gasteiger partial charge on any atom is 0.301 e. The first kappa shape index (κ1) is 16.4. The van der Waals surface area contributed by atoms with Gasteiger partial charge in [0, 0.05) is 11.2 Å². The molecule has 0 N–H and O–H groups in total. The van der Waals surface area contributed by atoms with Crippen molar-refractivity contribution in [1.82, 2.24) is 0 Å². The van der Waals surface area contributed by atoms with Gasteiger partial charge >= 0.3 is 5.69 Å². The van der Waals surface area contributed by atoms with Crippen molar-refractivity contribution in [1.29, 1.82) is 0 Å². The molecule has 2 aromatic rings. The van der Waals surface area contributed by atoms with E-state index in [2.05, 4.69) is 0 Å². The second kappa shape index (κ2) is 6.01. The van der Waals surface area contributed by atoms with Gasteiger partial charge in [-0.1, -0.05) is 17.8 Å². The molecule has 2 aromatic carbocycles. The molecule has 9 heteroatoms. The smallest absolute Gasteiger partial charge is 0.258 e. The van der Waals surface area contributed by atoms with E-state index in [0.717, 1.165) is 36.2 Å². The summed E-state index contributed by atoms with van der Waals surface area (Å²) in [7, 11) is -3.80. The SMILES string of the molecule is CS(=O)(=O)c1cccc(Sc2ccc(F)c(F)c2)c1[N+](=O)[O-]. The molecule has 0 aliphatic rings. The van der Waals surface area contributed by atoms with Crippen LogP contribution in [-0.4, -0.2) is 19.6 Å². The van der Waals surface area contributed by atoms with Crippen LogP contribution in [0.3, 0.4) is 0 Å². The summed E-state index contributed by atoms with van der Waals surface area (Å²) in [6.07, 6.45) is 0.862. The quantitative estimate of drug-likeness (QED) is 0.627. The Morgan fingerprint density at radius 3 is 2.36 bits per heavy atom. The van der Waals surface area contributed by atoms with Crippen molar-refractivity contribution in [3.63, 3.8) is 0 Å². The van der Waals surface area contributed by atoms with E-state index in [1.54, 1.807) is 0 Å². The highest BCUT2D eigenvalue weighted by atomic mass is 32.2. The highest BCUT2D eigenvalue weighted by Crippen LogP contribution is 2.38. The Bertz CT molecular complexity index is 853. The molecule has 0 fully saturated rings. The van der Waals surface area contributed by atoms with E-state index in [1.165, 1.54) is 18.2 Å². The summed E-state index contributed by atoms with van der Waals surface area (Å²) < 4.78 is 49.4. The van der Waals surface area contributed by atoms with Gasteiger partial charge in [0.15, 0.2) is 21.5 Å². The summed E-state index contributed by atoms with van der Waals surface area (Å²) in [6.45, 7) is 0. The second-order valence-electron chi connectivity index (χ2n) is 4.31. The average molecular weight is 345 g/mol. The van der Waals surface area contributed by atoms with Crippen LogP contribution >= 0.6 is 11.8 Å². The normalized spacial score (nSPS) is 11.4. The molecule has 0 aliphatic heterocycles. The van der Waals surface area contributed by atoms with Crippen molar-refractivity contribution in [2.75, 3.05) is 6.26 Å². The third-order valence-electron chi connectivity index (χ3n) is 2.66. The Balaban J connectivity index is 2.56. The lowest BCUT2D eigenvalue weighted by Gasteiger charge is -2.07. The van der Waals surface area contributed by atoms with Crippen molar-refractivity contribution in [2.45, 2.75) is 14.7 Å². The first-order chi connectivity index (χ1) is 10.2. The van der Waals surface area contributed by atoms with Crippen LogP contribution in [0.1, 0.15) is 0 Å². The first-order valence-corrected chi connectivity index (χ1v) is 8.51. The number of para-hydroxylation sites is 1. The number of halogens is 2. The van der Waals surface area contributed by atoms with E-state index >= 15 is 0 Å². The minimum absolute atomic E-state index is 0.0268. The first-order valence-electron chi connectivity index (χ1n) is 5.80. The van der Waals surface area contributed by atoms with E-state index < -0.39 is 37.0 Å². The van der Waals surface area contributed by atoms with E-state index in [9.17, 15) is 27.3 Å². The zero-order valence-electron chi connectivity index (χ0n) is 11.1. The summed E-state index contributed by atoms with van der Waals surface area (Å²) in [6, 6.07) is 6.85. The Kier molecular flexibility index (Phi) is 4.47. The summed E-state index contributed by atoms with van der Waals surface area (Å²) in [5, 5.41) is 11.2. The average Bonchev–Trinajstić information content (AvgIpc) is 2.41. The Morgan fingerprint density at radius 1 is 1.14 bits per heavy atom. The number of nitro benzene ring substituents is 1. The molecule has 22 heavy (non-hydrogen) atoms. The van der Waals surface area contributed by atoms with Crippen LogP contribution in [0.25, 0.3) is 0 Å². The maximum atomic E-state index is 13.2. The molecule has 0 bridgehead atoms. The Hall–Kier alpha value is -2.00. The predicted octanol–water partition coefficient (Wildman–Crippen LogP) is 3.43. The topological polar surface area (TPSA) is 77.3 Å². The number of hydrogen-bond donors (Lipinski definition) is 0. The Labute approximate surface area is 129 Å². The molecule has 5 nitrogen and oxygen atoms in total. The molecule has 0 spiro atoms. The van der Waals surface area contributed by atoms with Gasteiger partial charge in [0.2, 0.25) is 0 Å². The summed E-state index contributed by atoms with van der Waals surface area (Å²) in [4.78, 5) is 10.2. The van der Waals surface area contributed by atoms with Gasteiger partial charge in [-0.3, -0.25) is 10.1 Å². The molecule has 116 valence electrons. The van der Waals surface area contributed by atoms with Crippen molar-refractivity contribution >= 4 is 27.3 Å². The number of nitro groups is 1. The molecule has 0 amide bonds. The fourth-order valence-corrected chi connectivity index (χ4v) is 3.64. The molecular weight excluding hydrogens is 336 g/mol. The molecule has 0 saturated carbocycles. The number of rotatable bonds is 4. The van der Waals surface area contributed by atoms with Gasteiger partial charge in [-0.15, -0.1) is 0 Å². The van der Waals surface area contributed by atoms with E-state index in [0.29, 0.717) is 0 Å². The molecular formula is C13H9F2NO4S2. The highest BCUT2D eigenvalue weighted by molar-refractivity contribution is 7.99. The van der Waals surface area contributed by atoms with Gasteiger partial charge in [-0.2, -0.15) is 0 Å². The number of benzene rings is 2. The minimum Gasteiger partial charge on any atom is -0.258 e. The van der Waals surface area contributed by atoms with Crippen molar-refractivity contribution in [3.05, 3.63) is 58.1 Å². The molecule has 0 radical (unpaired) electrons. The van der Waals surface area contributed by atoms with Gasteiger partial charge in [0.1, 0.15) is 4.90 Å². The van der Waals surface area contributed by atoms with Gasteiger partial charge in [-0.25, -0.2) is 17.2 Å². The fraction of sp³-hybridized carbons (Fsp3) is 0.0769. The van der Waals surface area contributed by atoms with E-state index in [4.69, 9.17) is 0 Å². The molecule has 0 saturated heterocycles. The predicted molar refractivity (Wildman–Crippen MR) is 76.7 cm³/mol. The number of sulfone groups is 1. The van der Waals surface area contributed by atoms with Crippen molar-refractivity contribution in [2.24, 2.45) is 0 Å². The zero-order chi connectivity index (χ0) is 16.5. The second-order valence-corrected chi connectivity index (χ2v) is 7.41. The van der Waals surface area contributed by atoms with Crippen LogP contribution < -0.4 is 0 Å². The summed E-state index contributed by atoms with van der Waals surface area (Å²) >= 11 is 0.783. The lowest BCUT2D eigenvalue weighted by molar-refractivity contribution is -0.390. The van der Waals surface area contributed by atoms with Crippen LogP contribution in [0.15, 0.2) is 51.1 Å². The largest absolute Gasteiger partial charge is 0.301 e. The third-order valence-corrected chi connectivity index (χ3v) is 4.83. The number of hydrogen-bond acceptors (Lipinski definition) is 5. The molecule has 0 aliphatic carbocycles. The molecule has 0 aromatic heterocycles. The standard InChI is InChI=1S/C13H9F2NO4S2/c1-22(19,20)12-4-2-3-11(13(12)16(17)18)21-8-5-6-9(14)10(15)7-8/h2-7H,1H3. The van der Waals surface area contributed by atoms with Gasteiger partial charge in [0.25, 0.3) is 0 Å². The van der Waals surface area contributed by atoms with E-state index in [1.807, 2.05) is 0 Å². The lowest BCUT2D eigenvalue weighted by Crippen LogP contribution is -2.03. The van der Waals surface area contributed by atoms with Gasteiger partial charge in [0.05, 0.1) is 9.82 Å². The van der Waals surface area contributed by atoms with Crippen molar-refractivity contribution < 1.29 is 22.1 Å². The number of nitrogens with zero attached hydrogens (tertiary/aromatic N) is 1. The van der Waals surface area contributed by atoms with Crippen LogP contribution in [0, 0.1) is 21.7 Å². The van der Waals surface area contributed by atoms with Crippen LogP contribution in [0.2, 0.25) is 0 Å². The molecule has 0 atom stereocenters. The molecule has 0 unspecified atom stereocenters. The van der Waals surface area contributed by atoms with Crippen LogP contribution in [0.4, 0.5) is 14.5 Å².